The molecule has 2 nitrogen and oxygen atoms in total. The molecule has 0 aliphatic heterocycles. The number of nitrogens with zero attached hydrogens (tertiary/aromatic N) is 1. The summed E-state index contributed by atoms with van der Waals surface area (Å²) in [6.45, 7) is 2.06. The van der Waals surface area contributed by atoms with E-state index < -0.39 is 0 Å². The third-order valence-corrected chi connectivity index (χ3v) is 2.24. The first kappa shape index (κ1) is 10.3. The van der Waals surface area contributed by atoms with Gasteiger partial charge in [-0.15, -0.1) is 0 Å². The highest BCUT2D eigenvalue weighted by molar-refractivity contribution is 9.10. The Balaban J connectivity index is 2.92. The molecule has 0 radical (unpaired) electrons. The fourth-order valence-electron chi connectivity index (χ4n) is 1.07. The Morgan fingerprint density at radius 1 is 1.38 bits per heavy atom. The first-order chi connectivity index (χ1) is 6.27. The fraction of sp³-hybridized carbons (Fsp3) is 0.300. The van der Waals surface area contributed by atoms with Gasteiger partial charge in [0.2, 0.25) is 0 Å². The van der Waals surface area contributed by atoms with Gasteiger partial charge >= 0.3 is 0 Å². The van der Waals surface area contributed by atoms with E-state index in [-0.39, 0.29) is 0 Å². The normalized spacial score (nSPS) is 11.5. The number of hydrogen-bond donors (Lipinski definition) is 0. The van der Waals surface area contributed by atoms with E-state index in [1.165, 1.54) is 0 Å². The molecule has 3 heteroatoms. The zero-order valence-electron chi connectivity index (χ0n) is 7.75. The number of rotatable bonds is 3. The van der Waals surface area contributed by atoms with Crippen LogP contribution in [0, 0.1) is 0 Å². The molecule has 0 saturated carbocycles. The van der Waals surface area contributed by atoms with Gasteiger partial charge in [0, 0.05) is 4.47 Å². The van der Waals surface area contributed by atoms with Crippen molar-refractivity contribution in [2.75, 3.05) is 7.11 Å². The summed E-state index contributed by atoms with van der Waals surface area (Å²) in [6, 6.07) is 8.03. The van der Waals surface area contributed by atoms with Crippen LogP contribution in [0.1, 0.15) is 18.9 Å². The van der Waals surface area contributed by atoms with Crippen molar-refractivity contribution in [3.63, 3.8) is 0 Å². The van der Waals surface area contributed by atoms with Crippen molar-refractivity contribution in [3.8, 4) is 0 Å². The van der Waals surface area contributed by atoms with Crippen LogP contribution in [0.2, 0.25) is 0 Å². The number of halogens is 1. The van der Waals surface area contributed by atoms with Crippen molar-refractivity contribution < 1.29 is 4.84 Å². The summed E-state index contributed by atoms with van der Waals surface area (Å²) in [6.07, 6.45) is 0.871. The van der Waals surface area contributed by atoms with Crippen LogP contribution >= 0.6 is 15.9 Å². The summed E-state index contributed by atoms with van der Waals surface area (Å²) in [5.74, 6) is 0. The van der Waals surface area contributed by atoms with Crippen molar-refractivity contribution >= 4 is 21.6 Å². The second kappa shape index (κ2) is 5.02. The van der Waals surface area contributed by atoms with Crippen LogP contribution in [0.5, 0.6) is 0 Å². The lowest BCUT2D eigenvalue weighted by atomic mass is 10.1. The SMILES string of the molecule is CC/C(=N\OC)c1ccc(Br)cc1. The van der Waals surface area contributed by atoms with Crippen LogP contribution in [0.3, 0.4) is 0 Å². The molecule has 0 unspecified atom stereocenters. The van der Waals surface area contributed by atoms with Crippen LogP contribution in [0.15, 0.2) is 33.9 Å². The molecule has 0 heterocycles. The lowest BCUT2D eigenvalue weighted by molar-refractivity contribution is 0.213. The molecule has 70 valence electrons. The molecule has 0 N–H and O–H groups in total. The highest BCUT2D eigenvalue weighted by Crippen LogP contribution is 2.12. The Morgan fingerprint density at radius 2 is 2.00 bits per heavy atom. The molecule has 0 aliphatic carbocycles. The van der Waals surface area contributed by atoms with Gasteiger partial charge in [0.25, 0.3) is 0 Å². The first-order valence-electron chi connectivity index (χ1n) is 4.14. The molecule has 1 aromatic rings. The summed E-state index contributed by atoms with van der Waals surface area (Å²) in [7, 11) is 1.56. The zero-order valence-corrected chi connectivity index (χ0v) is 9.34. The minimum absolute atomic E-state index is 0.871. The highest BCUT2D eigenvalue weighted by atomic mass is 79.9. The van der Waals surface area contributed by atoms with Crippen LogP contribution in [0.25, 0.3) is 0 Å². The molecule has 0 amide bonds. The van der Waals surface area contributed by atoms with Crippen LogP contribution in [-0.4, -0.2) is 12.8 Å². The molecule has 13 heavy (non-hydrogen) atoms. The summed E-state index contributed by atoms with van der Waals surface area (Å²) in [4.78, 5) is 4.76. The van der Waals surface area contributed by atoms with E-state index in [4.69, 9.17) is 4.84 Å². The van der Waals surface area contributed by atoms with Gasteiger partial charge in [-0.1, -0.05) is 40.1 Å². The van der Waals surface area contributed by atoms with E-state index in [1.54, 1.807) is 7.11 Å². The maximum Gasteiger partial charge on any atom is 0.106 e. The maximum absolute atomic E-state index is 4.76. The average molecular weight is 242 g/mol. The number of oxime groups is 1. The van der Waals surface area contributed by atoms with E-state index in [2.05, 4.69) is 28.0 Å². The lowest BCUT2D eigenvalue weighted by Crippen LogP contribution is -1.98. The van der Waals surface area contributed by atoms with Gasteiger partial charge < -0.3 is 4.84 Å². The average Bonchev–Trinajstić information content (AvgIpc) is 2.16. The topological polar surface area (TPSA) is 21.6 Å². The first-order valence-corrected chi connectivity index (χ1v) is 4.93. The van der Waals surface area contributed by atoms with E-state index in [0.29, 0.717) is 0 Å². The van der Waals surface area contributed by atoms with E-state index in [1.807, 2.05) is 24.3 Å². The summed E-state index contributed by atoms with van der Waals surface area (Å²) in [5, 5.41) is 3.94. The van der Waals surface area contributed by atoms with Crippen LogP contribution in [-0.2, 0) is 4.84 Å². The van der Waals surface area contributed by atoms with E-state index in [0.717, 1.165) is 22.2 Å². The third-order valence-electron chi connectivity index (χ3n) is 1.71. The minimum Gasteiger partial charge on any atom is -0.399 e. The number of hydrogen-bond acceptors (Lipinski definition) is 2. The van der Waals surface area contributed by atoms with Crippen molar-refractivity contribution in [2.45, 2.75) is 13.3 Å². The quantitative estimate of drug-likeness (QED) is 0.589. The van der Waals surface area contributed by atoms with Gasteiger partial charge in [-0.3, -0.25) is 0 Å². The van der Waals surface area contributed by atoms with Gasteiger partial charge in [-0.25, -0.2) is 0 Å². The number of benzene rings is 1. The molecule has 0 saturated heterocycles. The van der Waals surface area contributed by atoms with Crippen LogP contribution in [0.4, 0.5) is 0 Å². The Bertz CT molecular complexity index is 292. The Labute approximate surface area is 86.7 Å². The monoisotopic (exact) mass is 241 g/mol. The molecular formula is C10H12BrNO. The lowest BCUT2D eigenvalue weighted by Gasteiger charge is -2.02. The molecule has 0 aliphatic rings. The smallest absolute Gasteiger partial charge is 0.106 e. The summed E-state index contributed by atoms with van der Waals surface area (Å²) in [5.41, 5.74) is 2.07. The second-order valence-electron chi connectivity index (χ2n) is 2.58. The molecule has 1 rings (SSSR count). The largest absolute Gasteiger partial charge is 0.399 e. The Hall–Kier alpha value is -0.830. The molecule has 0 aromatic heterocycles. The molecule has 0 spiro atoms. The van der Waals surface area contributed by atoms with Crippen molar-refractivity contribution in [1.29, 1.82) is 0 Å². The molecule has 0 fully saturated rings. The van der Waals surface area contributed by atoms with Gasteiger partial charge in [0.1, 0.15) is 7.11 Å². The third kappa shape index (κ3) is 2.84. The van der Waals surface area contributed by atoms with E-state index >= 15 is 0 Å². The second-order valence-corrected chi connectivity index (χ2v) is 3.50. The highest BCUT2D eigenvalue weighted by Gasteiger charge is 2.00. The predicted octanol–water partition coefficient (Wildman–Crippen LogP) is 3.21. The zero-order chi connectivity index (χ0) is 9.68. The van der Waals surface area contributed by atoms with E-state index in [9.17, 15) is 0 Å². The van der Waals surface area contributed by atoms with Crippen molar-refractivity contribution in [3.05, 3.63) is 34.3 Å². The van der Waals surface area contributed by atoms with Crippen molar-refractivity contribution in [2.24, 2.45) is 5.16 Å². The fourth-order valence-corrected chi connectivity index (χ4v) is 1.34. The van der Waals surface area contributed by atoms with Crippen molar-refractivity contribution in [1.82, 2.24) is 0 Å². The summed E-state index contributed by atoms with van der Waals surface area (Å²) >= 11 is 3.38. The molecule has 1 aromatic carbocycles. The molecule has 0 atom stereocenters. The Kier molecular flexibility index (Phi) is 3.96. The standard InChI is InChI=1S/C10H12BrNO/c1-3-10(12-13-2)8-4-6-9(11)7-5-8/h4-7H,3H2,1-2H3/b12-10+. The maximum atomic E-state index is 4.76. The van der Waals surface area contributed by atoms with Crippen LogP contribution < -0.4 is 0 Å². The van der Waals surface area contributed by atoms with Gasteiger partial charge in [0.15, 0.2) is 0 Å². The van der Waals surface area contributed by atoms with Gasteiger partial charge in [-0.05, 0) is 24.1 Å². The van der Waals surface area contributed by atoms with Gasteiger partial charge in [0.05, 0.1) is 5.71 Å². The molecular weight excluding hydrogens is 230 g/mol. The Morgan fingerprint density at radius 3 is 2.46 bits per heavy atom. The van der Waals surface area contributed by atoms with Gasteiger partial charge in [-0.2, -0.15) is 0 Å². The summed E-state index contributed by atoms with van der Waals surface area (Å²) < 4.78 is 1.07. The molecule has 0 bridgehead atoms. The minimum atomic E-state index is 0.871. The predicted molar refractivity (Wildman–Crippen MR) is 58.0 cm³/mol.